The van der Waals surface area contributed by atoms with Crippen molar-refractivity contribution >= 4 is 22.6 Å². The molecule has 0 fully saturated rings. The number of halogens is 2. The third kappa shape index (κ3) is 4.18. The van der Waals surface area contributed by atoms with Crippen LogP contribution < -0.4 is 0 Å². The predicted octanol–water partition coefficient (Wildman–Crippen LogP) is 6.81. The highest BCUT2D eigenvalue weighted by Crippen LogP contribution is 2.35. The van der Waals surface area contributed by atoms with E-state index in [1.807, 2.05) is 30.6 Å². The van der Waals surface area contributed by atoms with Crippen LogP contribution in [0, 0.1) is 5.82 Å². The highest BCUT2D eigenvalue weighted by molar-refractivity contribution is 6.30. The molecule has 6 rings (SSSR count). The van der Waals surface area contributed by atoms with Gasteiger partial charge in [-0.1, -0.05) is 23.7 Å². The van der Waals surface area contributed by atoms with Crippen LogP contribution in [0.1, 0.15) is 11.1 Å². The maximum Gasteiger partial charge on any atom is 0.160 e. The molecule has 0 aliphatic carbocycles. The van der Waals surface area contributed by atoms with Gasteiger partial charge in [-0.25, -0.2) is 14.4 Å². The van der Waals surface area contributed by atoms with Crippen LogP contribution in [0.4, 0.5) is 4.39 Å². The van der Waals surface area contributed by atoms with Gasteiger partial charge < -0.3 is 4.90 Å². The lowest BCUT2D eigenvalue weighted by molar-refractivity contribution is 0.313. The van der Waals surface area contributed by atoms with Crippen molar-refractivity contribution in [2.75, 3.05) is 13.6 Å². The van der Waals surface area contributed by atoms with Gasteiger partial charge in [-0.2, -0.15) is 0 Å². The van der Waals surface area contributed by atoms with Crippen LogP contribution in [0.5, 0.6) is 0 Å². The van der Waals surface area contributed by atoms with Crippen LogP contribution in [0.25, 0.3) is 44.5 Å². The van der Waals surface area contributed by atoms with Crippen molar-refractivity contribution in [3.63, 3.8) is 0 Å². The second-order valence-electron chi connectivity index (χ2n) is 8.99. The van der Waals surface area contributed by atoms with E-state index in [9.17, 15) is 4.39 Å². The third-order valence-corrected chi connectivity index (χ3v) is 6.82. The molecule has 4 heterocycles. The summed E-state index contributed by atoms with van der Waals surface area (Å²) in [6.45, 7) is 2.04. The highest BCUT2D eigenvalue weighted by Gasteiger charge is 2.16. The molecule has 4 nitrogen and oxygen atoms in total. The quantitative estimate of drug-likeness (QED) is 0.284. The number of benzene rings is 2. The molecule has 0 spiro atoms. The fourth-order valence-electron chi connectivity index (χ4n) is 4.75. The molecule has 0 amide bonds. The highest BCUT2D eigenvalue weighted by atomic mass is 35.5. The SMILES string of the molecule is CN1CCc2ccc(-c3cncc(-c4cc(-c5cc(Cl)ccc5F)nc5ncccc45)c3)cc2C1. The number of hydrogen-bond acceptors (Lipinski definition) is 4. The van der Waals surface area contributed by atoms with Crippen LogP contribution in [-0.2, 0) is 13.0 Å². The first kappa shape index (κ1) is 21.8. The summed E-state index contributed by atoms with van der Waals surface area (Å²) in [7, 11) is 2.15. The zero-order valence-electron chi connectivity index (χ0n) is 19.2. The van der Waals surface area contributed by atoms with Gasteiger partial charge in [0, 0.05) is 58.8 Å². The van der Waals surface area contributed by atoms with E-state index in [0.717, 1.165) is 47.2 Å². The van der Waals surface area contributed by atoms with Gasteiger partial charge in [0.05, 0.1) is 5.69 Å². The first-order valence-corrected chi connectivity index (χ1v) is 11.9. The molecule has 1 aliphatic heterocycles. The predicted molar refractivity (Wildman–Crippen MR) is 139 cm³/mol. The monoisotopic (exact) mass is 480 g/mol. The molecule has 1 aliphatic rings. The minimum absolute atomic E-state index is 0.342. The summed E-state index contributed by atoms with van der Waals surface area (Å²) in [4.78, 5) is 16.0. The number of likely N-dealkylation sites (N-methyl/N-ethyl adjacent to an activating group) is 1. The first-order valence-electron chi connectivity index (χ1n) is 11.5. The van der Waals surface area contributed by atoms with Crippen molar-refractivity contribution < 1.29 is 4.39 Å². The van der Waals surface area contributed by atoms with E-state index >= 15 is 0 Å². The van der Waals surface area contributed by atoms with E-state index in [0.29, 0.717) is 21.9 Å². The van der Waals surface area contributed by atoms with Gasteiger partial charge in [0.1, 0.15) is 5.82 Å². The van der Waals surface area contributed by atoms with Crippen molar-refractivity contribution in [3.05, 3.63) is 101 Å². The lowest BCUT2D eigenvalue weighted by atomic mass is 9.94. The number of hydrogen-bond donors (Lipinski definition) is 0. The van der Waals surface area contributed by atoms with E-state index < -0.39 is 0 Å². The Balaban J connectivity index is 1.50. The van der Waals surface area contributed by atoms with Gasteiger partial charge in [-0.05, 0) is 84.3 Å². The van der Waals surface area contributed by atoms with E-state index in [2.05, 4.69) is 51.2 Å². The summed E-state index contributed by atoms with van der Waals surface area (Å²) in [6.07, 6.45) is 6.48. The minimum Gasteiger partial charge on any atom is -0.302 e. The maximum atomic E-state index is 14.7. The number of nitrogens with zero attached hydrogens (tertiary/aromatic N) is 4. The standard InChI is InChI=1S/C29H22ClFN4/c1-35-10-8-18-4-5-19(11-22(18)17-35)20-12-21(16-32-15-20)25-14-28(26-13-23(30)6-7-27(26)31)34-29-24(25)3-2-9-33-29/h2-7,9,11-16H,8,10,17H2,1H3. The van der Waals surface area contributed by atoms with Crippen LogP contribution in [0.3, 0.4) is 0 Å². The van der Waals surface area contributed by atoms with Gasteiger partial charge in [0.15, 0.2) is 5.65 Å². The Morgan fingerprint density at radius 3 is 2.69 bits per heavy atom. The summed E-state index contributed by atoms with van der Waals surface area (Å²) < 4.78 is 14.7. The lowest BCUT2D eigenvalue weighted by Gasteiger charge is -2.25. The Morgan fingerprint density at radius 2 is 1.77 bits per heavy atom. The van der Waals surface area contributed by atoms with Crippen LogP contribution in [0.2, 0.25) is 5.02 Å². The molecule has 6 heteroatoms. The topological polar surface area (TPSA) is 41.9 Å². The third-order valence-electron chi connectivity index (χ3n) is 6.58. The Labute approximate surface area is 208 Å². The van der Waals surface area contributed by atoms with Crippen LogP contribution in [-0.4, -0.2) is 33.4 Å². The number of rotatable bonds is 3. The van der Waals surface area contributed by atoms with Crippen molar-refractivity contribution in [2.45, 2.75) is 13.0 Å². The molecule has 35 heavy (non-hydrogen) atoms. The first-order chi connectivity index (χ1) is 17.0. The normalized spacial score (nSPS) is 13.7. The fourth-order valence-corrected chi connectivity index (χ4v) is 4.92. The smallest absolute Gasteiger partial charge is 0.160 e. The Kier molecular flexibility index (Phi) is 5.51. The van der Waals surface area contributed by atoms with Crippen LogP contribution >= 0.6 is 11.6 Å². The molecular weight excluding hydrogens is 459 g/mol. The Morgan fingerprint density at radius 1 is 0.886 bits per heavy atom. The molecule has 5 aromatic rings. The molecule has 3 aromatic heterocycles. The lowest BCUT2D eigenvalue weighted by Crippen LogP contribution is -2.26. The van der Waals surface area contributed by atoms with Crippen molar-refractivity contribution in [1.29, 1.82) is 0 Å². The number of pyridine rings is 3. The van der Waals surface area contributed by atoms with Crippen molar-refractivity contribution in [2.24, 2.45) is 0 Å². The second-order valence-corrected chi connectivity index (χ2v) is 9.42. The molecule has 0 radical (unpaired) electrons. The molecule has 2 aromatic carbocycles. The van der Waals surface area contributed by atoms with E-state index in [1.165, 1.54) is 23.3 Å². The molecule has 0 unspecified atom stereocenters. The Bertz CT molecular complexity index is 1580. The molecule has 0 saturated heterocycles. The Hall–Kier alpha value is -3.67. The summed E-state index contributed by atoms with van der Waals surface area (Å²) >= 11 is 6.17. The van der Waals surface area contributed by atoms with Gasteiger partial charge >= 0.3 is 0 Å². The zero-order valence-corrected chi connectivity index (χ0v) is 19.9. The summed E-state index contributed by atoms with van der Waals surface area (Å²) in [5, 5.41) is 1.33. The minimum atomic E-state index is -0.381. The van der Waals surface area contributed by atoms with E-state index in [4.69, 9.17) is 11.6 Å². The van der Waals surface area contributed by atoms with Gasteiger partial charge in [-0.3, -0.25) is 4.98 Å². The molecule has 0 N–H and O–H groups in total. The van der Waals surface area contributed by atoms with E-state index in [-0.39, 0.29) is 5.82 Å². The molecular formula is C29H22ClFN4. The molecule has 0 saturated carbocycles. The molecule has 172 valence electrons. The second kappa shape index (κ2) is 8.84. The summed E-state index contributed by atoms with van der Waals surface area (Å²) in [5.74, 6) is -0.381. The van der Waals surface area contributed by atoms with E-state index in [1.54, 1.807) is 12.3 Å². The van der Waals surface area contributed by atoms with Gasteiger partial charge in [0.2, 0.25) is 0 Å². The average Bonchev–Trinajstić information content (AvgIpc) is 2.89. The average molecular weight is 481 g/mol. The fraction of sp³-hybridized carbons (Fsp3) is 0.138. The largest absolute Gasteiger partial charge is 0.302 e. The molecule has 0 bridgehead atoms. The maximum absolute atomic E-state index is 14.7. The number of fused-ring (bicyclic) bond motifs is 2. The van der Waals surface area contributed by atoms with Crippen molar-refractivity contribution in [3.8, 4) is 33.5 Å². The number of aromatic nitrogens is 3. The van der Waals surface area contributed by atoms with Crippen molar-refractivity contribution in [1.82, 2.24) is 19.9 Å². The zero-order chi connectivity index (χ0) is 23.9. The molecule has 0 atom stereocenters. The summed E-state index contributed by atoms with van der Waals surface area (Å²) in [5.41, 5.74) is 8.11. The van der Waals surface area contributed by atoms with Gasteiger partial charge in [0.25, 0.3) is 0 Å². The van der Waals surface area contributed by atoms with Crippen LogP contribution in [0.15, 0.2) is 79.3 Å². The van der Waals surface area contributed by atoms with Gasteiger partial charge in [-0.15, -0.1) is 0 Å². The summed E-state index contributed by atoms with van der Waals surface area (Å²) in [6, 6.07) is 19.0.